The molecule has 1 N–H and O–H groups in total. The van der Waals surface area contributed by atoms with Gasteiger partial charge in [-0.2, -0.15) is 10.1 Å². The van der Waals surface area contributed by atoms with Crippen LogP contribution < -0.4 is 5.32 Å². The number of nitrogens with zero attached hydrogens (tertiary/aromatic N) is 3. The van der Waals surface area contributed by atoms with Gasteiger partial charge in [0, 0.05) is 11.3 Å². The lowest BCUT2D eigenvalue weighted by atomic mass is 9.93. The van der Waals surface area contributed by atoms with Crippen LogP contribution in [-0.4, -0.2) is 20.5 Å². The number of carbonyl (C=O) groups excluding carboxylic acids is 1. The monoisotopic (exact) mass is 268 g/mol. The highest BCUT2D eigenvalue weighted by Crippen LogP contribution is 2.34. The number of rotatable bonds is 2. The first-order chi connectivity index (χ1) is 9.58. The summed E-state index contributed by atoms with van der Waals surface area (Å²) in [5, 5.41) is 7.39. The Hall–Kier alpha value is -2.43. The summed E-state index contributed by atoms with van der Waals surface area (Å²) in [6.07, 6.45) is 1.50. The van der Waals surface area contributed by atoms with Crippen LogP contribution in [0.2, 0.25) is 0 Å². The summed E-state index contributed by atoms with van der Waals surface area (Å²) in [4.78, 5) is 16.2. The number of benzene rings is 1. The lowest BCUT2D eigenvalue weighted by molar-refractivity contribution is -0.114. The summed E-state index contributed by atoms with van der Waals surface area (Å²) < 4.78 is 1.76. The molecule has 0 bridgehead atoms. The molecule has 0 spiro atoms. The molecule has 5 nitrogen and oxygen atoms in total. The fourth-order valence-corrected chi connectivity index (χ4v) is 2.60. The number of fused-ring (bicyclic) bond motifs is 1. The van der Waals surface area contributed by atoms with E-state index in [0.29, 0.717) is 5.95 Å². The second kappa shape index (κ2) is 4.59. The molecule has 2 aromatic rings. The summed E-state index contributed by atoms with van der Waals surface area (Å²) >= 11 is 0. The van der Waals surface area contributed by atoms with Gasteiger partial charge in [-0.3, -0.25) is 4.79 Å². The van der Waals surface area contributed by atoms with E-state index in [4.69, 9.17) is 0 Å². The zero-order valence-electron chi connectivity index (χ0n) is 11.7. The van der Waals surface area contributed by atoms with Crippen LogP contribution in [0.1, 0.15) is 31.0 Å². The topological polar surface area (TPSA) is 59.8 Å². The Kier molecular flexibility index (Phi) is 2.89. The maximum absolute atomic E-state index is 12.0. The molecule has 0 radical (unpaired) electrons. The summed E-state index contributed by atoms with van der Waals surface area (Å²) in [5.74, 6) is 0.708. The van der Waals surface area contributed by atoms with Crippen molar-refractivity contribution in [1.82, 2.24) is 14.8 Å². The zero-order valence-corrected chi connectivity index (χ0v) is 11.7. The van der Waals surface area contributed by atoms with Crippen LogP contribution in [-0.2, 0) is 4.79 Å². The lowest BCUT2D eigenvalue weighted by Crippen LogP contribution is -2.27. The predicted octanol–water partition coefficient (Wildman–Crippen LogP) is 2.46. The van der Waals surface area contributed by atoms with Crippen LogP contribution in [0.5, 0.6) is 0 Å². The van der Waals surface area contributed by atoms with Crippen molar-refractivity contribution < 1.29 is 4.79 Å². The van der Waals surface area contributed by atoms with Gasteiger partial charge in [0.2, 0.25) is 5.95 Å². The zero-order chi connectivity index (χ0) is 14.3. The maximum atomic E-state index is 12.0. The van der Waals surface area contributed by atoms with Crippen molar-refractivity contribution in [2.24, 2.45) is 0 Å². The first-order valence-electron chi connectivity index (χ1n) is 6.52. The second-order valence-electron chi connectivity index (χ2n) is 5.06. The number of anilines is 1. The van der Waals surface area contributed by atoms with Crippen molar-refractivity contribution in [3.63, 3.8) is 0 Å². The van der Waals surface area contributed by atoms with Crippen molar-refractivity contribution in [3.05, 3.63) is 53.0 Å². The van der Waals surface area contributed by atoms with Gasteiger partial charge in [-0.15, -0.1) is 0 Å². The Balaban J connectivity index is 2.19. The molecule has 1 aliphatic heterocycles. The highest BCUT2D eigenvalue weighted by atomic mass is 16.1. The van der Waals surface area contributed by atoms with Gasteiger partial charge in [0.25, 0.3) is 0 Å². The molecule has 0 fully saturated rings. The SMILES string of the molecule is CC(=O)C1=C(C)Nc2ncnn2[C@@H]1c1ccc(C)cc1. The first kappa shape index (κ1) is 12.6. The molecule has 102 valence electrons. The molecule has 0 aliphatic carbocycles. The van der Waals surface area contributed by atoms with Gasteiger partial charge in [0.05, 0.1) is 0 Å². The Morgan fingerprint density at radius 3 is 2.60 bits per heavy atom. The standard InChI is InChI=1S/C15H16N4O/c1-9-4-6-12(7-5-9)14-13(11(3)20)10(2)18-15-16-8-17-19(14)15/h4-8,14H,1-3H3,(H,16,17,18)/t14-/m1/s1. The minimum absolute atomic E-state index is 0.0433. The quantitative estimate of drug-likeness (QED) is 0.909. The third-order valence-electron chi connectivity index (χ3n) is 3.57. The Bertz CT molecular complexity index is 697. The maximum Gasteiger partial charge on any atom is 0.226 e. The van der Waals surface area contributed by atoms with E-state index in [9.17, 15) is 4.79 Å². The Morgan fingerprint density at radius 2 is 1.95 bits per heavy atom. The van der Waals surface area contributed by atoms with Crippen LogP contribution in [0.25, 0.3) is 0 Å². The van der Waals surface area contributed by atoms with Crippen molar-refractivity contribution in [2.75, 3.05) is 5.32 Å². The van der Waals surface area contributed by atoms with Crippen molar-refractivity contribution in [1.29, 1.82) is 0 Å². The van der Waals surface area contributed by atoms with Crippen LogP contribution in [0.15, 0.2) is 41.9 Å². The molecule has 1 aliphatic rings. The van der Waals surface area contributed by atoms with E-state index in [0.717, 1.165) is 16.8 Å². The van der Waals surface area contributed by atoms with Gasteiger partial charge < -0.3 is 5.32 Å². The highest BCUT2D eigenvalue weighted by molar-refractivity contribution is 5.96. The van der Waals surface area contributed by atoms with E-state index < -0.39 is 0 Å². The van der Waals surface area contributed by atoms with Gasteiger partial charge in [0.1, 0.15) is 12.4 Å². The van der Waals surface area contributed by atoms with Crippen molar-refractivity contribution in [2.45, 2.75) is 26.8 Å². The first-order valence-corrected chi connectivity index (χ1v) is 6.52. The fourth-order valence-electron chi connectivity index (χ4n) is 2.60. The number of allylic oxidation sites excluding steroid dienone is 2. The molecule has 1 atom stereocenters. The number of carbonyl (C=O) groups is 1. The van der Waals surface area contributed by atoms with Crippen LogP contribution >= 0.6 is 0 Å². The molecule has 0 unspecified atom stereocenters. The molecule has 1 aromatic heterocycles. The van der Waals surface area contributed by atoms with Crippen LogP contribution in [0.3, 0.4) is 0 Å². The van der Waals surface area contributed by atoms with Crippen LogP contribution in [0, 0.1) is 6.92 Å². The van der Waals surface area contributed by atoms with Gasteiger partial charge in [-0.1, -0.05) is 29.8 Å². The fraction of sp³-hybridized carbons (Fsp3) is 0.267. The average Bonchev–Trinajstić information content (AvgIpc) is 2.85. The van der Waals surface area contributed by atoms with Crippen molar-refractivity contribution in [3.8, 4) is 0 Å². The second-order valence-corrected chi connectivity index (χ2v) is 5.06. The number of hydrogen-bond donors (Lipinski definition) is 1. The van der Waals surface area contributed by atoms with Crippen LogP contribution in [0.4, 0.5) is 5.95 Å². The third-order valence-corrected chi connectivity index (χ3v) is 3.57. The summed E-state index contributed by atoms with van der Waals surface area (Å²) in [6, 6.07) is 7.94. The normalized spacial score (nSPS) is 17.6. The Labute approximate surface area is 117 Å². The Morgan fingerprint density at radius 1 is 1.25 bits per heavy atom. The minimum atomic E-state index is -0.216. The van der Waals surface area contributed by atoms with E-state index in [-0.39, 0.29) is 11.8 Å². The molecule has 3 rings (SSSR count). The summed E-state index contributed by atoms with van der Waals surface area (Å²) in [6.45, 7) is 5.53. The molecule has 0 saturated heterocycles. The molecule has 0 saturated carbocycles. The number of aromatic nitrogens is 3. The molecule has 0 amide bonds. The number of aryl methyl sites for hydroxylation is 1. The lowest BCUT2D eigenvalue weighted by Gasteiger charge is -2.28. The van der Waals surface area contributed by atoms with Gasteiger partial charge in [-0.25, -0.2) is 4.68 Å². The molecule has 20 heavy (non-hydrogen) atoms. The predicted molar refractivity (Wildman–Crippen MR) is 76.3 cm³/mol. The molecule has 1 aromatic carbocycles. The van der Waals surface area contributed by atoms with E-state index in [1.54, 1.807) is 11.6 Å². The smallest absolute Gasteiger partial charge is 0.226 e. The minimum Gasteiger partial charge on any atom is -0.328 e. The number of Topliss-reactive ketones (excluding diaryl/α,β-unsaturated/α-hetero) is 1. The summed E-state index contributed by atoms with van der Waals surface area (Å²) in [7, 11) is 0. The van der Waals surface area contributed by atoms with E-state index in [1.807, 2.05) is 38.1 Å². The highest BCUT2D eigenvalue weighted by Gasteiger charge is 2.31. The number of nitrogens with one attached hydrogen (secondary N) is 1. The third kappa shape index (κ3) is 1.91. The molecular weight excluding hydrogens is 252 g/mol. The van der Waals surface area contributed by atoms with E-state index >= 15 is 0 Å². The number of hydrogen-bond acceptors (Lipinski definition) is 4. The summed E-state index contributed by atoms with van der Waals surface area (Å²) in [5.41, 5.74) is 3.79. The van der Waals surface area contributed by atoms with Gasteiger partial charge in [0.15, 0.2) is 5.78 Å². The average molecular weight is 268 g/mol. The van der Waals surface area contributed by atoms with Gasteiger partial charge in [-0.05, 0) is 26.3 Å². The molecular formula is C15H16N4O. The van der Waals surface area contributed by atoms with Crippen molar-refractivity contribution >= 4 is 11.7 Å². The largest absolute Gasteiger partial charge is 0.328 e. The van der Waals surface area contributed by atoms with E-state index in [2.05, 4.69) is 15.4 Å². The molecule has 2 heterocycles. The molecule has 5 heteroatoms. The van der Waals surface area contributed by atoms with Gasteiger partial charge >= 0.3 is 0 Å². The van der Waals surface area contributed by atoms with E-state index in [1.165, 1.54) is 11.9 Å². The number of ketones is 1.